The van der Waals surface area contributed by atoms with E-state index in [1.807, 2.05) is 0 Å². The first kappa shape index (κ1) is 18.4. The Kier molecular flexibility index (Phi) is 6.05. The van der Waals surface area contributed by atoms with Gasteiger partial charge in [-0.25, -0.2) is 4.79 Å². The first-order valence-electron chi connectivity index (χ1n) is 7.35. The molecule has 0 heterocycles. The number of benzene rings is 2. The lowest BCUT2D eigenvalue weighted by molar-refractivity contribution is -0.0505. The smallest absolute Gasteiger partial charge is 0.387 e. The number of ether oxygens (including phenoxy) is 3. The molecule has 7 heteroatoms. The number of methoxy groups -OCH3 is 1. The molecule has 2 rings (SSSR count). The Labute approximate surface area is 143 Å². The molecule has 0 N–H and O–H groups in total. The highest BCUT2D eigenvalue weighted by Crippen LogP contribution is 2.22. The third kappa shape index (κ3) is 4.76. The van der Waals surface area contributed by atoms with Crippen molar-refractivity contribution in [2.45, 2.75) is 19.6 Å². The van der Waals surface area contributed by atoms with Crippen LogP contribution in [0.1, 0.15) is 27.6 Å². The molecular weight excluding hydrogens is 334 g/mol. The number of halogens is 2. The Morgan fingerprint density at radius 3 is 2.24 bits per heavy atom. The highest BCUT2D eigenvalue weighted by atomic mass is 19.3. The van der Waals surface area contributed by atoms with Crippen LogP contribution >= 0.6 is 0 Å². The van der Waals surface area contributed by atoms with Gasteiger partial charge in [0.15, 0.2) is 6.10 Å². The summed E-state index contributed by atoms with van der Waals surface area (Å²) in [4.78, 5) is 24.5. The molecule has 1 unspecified atom stereocenters. The highest BCUT2D eigenvalue weighted by Gasteiger charge is 2.23. The predicted molar refractivity (Wildman–Crippen MR) is 85.3 cm³/mol. The van der Waals surface area contributed by atoms with Gasteiger partial charge in [-0.2, -0.15) is 8.78 Å². The molecule has 0 bridgehead atoms. The van der Waals surface area contributed by atoms with E-state index < -0.39 is 24.5 Å². The number of rotatable bonds is 7. The summed E-state index contributed by atoms with van der Waals surface area (Å²) in [5.41, 5.74) is 0.149. The van der Waals surface area contributed by atoms with Crippen LogP contribution in [0.3, 0.4) is 0 Å². The summed E-state index contributed by atoms with van der Waals surface area (Å²) < 4.78 is 39.2. The lowest BCUT2D eigenvalue weighted by Gasteiger charge is -2.14. The standard InChI is InChI=1S/C18H16F2O5/c1-11(16(21)12-7-9-13(23-2)10-8-12)24-17(22)14-5-3-4-6-15(14)25-18(19)20/h3-11,18H,1-2H3. The average Bonchev–Trinajstić information content (AvgIpc) is 2.61. The summed E-state index contributed by atoms with van der Waals surface area (Å²) >= 11 is 0. The number of carbonyl (C=O) groups excluding carboxylic acids is 2. The average molecular weight is 350 g/mol. The van der Waals surface area contributed by atoms with Gasteiger partial charge < -0.3 is 14.2 Å². The zero-order valence-corrected chi connectivity index (χ0v) is 13.6. The van der Waals surface area contributed by atoms with Crippen LogP contribution in [0.5, 0.6) is 11.5 Å². The Hall–Kier alpha value is -2.96. The highest BCUT2D eigenvalue weighted by molar-refractivity contribution is 6.01. The van der Waals surface area contributed by atoms with Gasteiger partial charge in [0, 0.05) is 5.56 Å². The van der Waals surface area contributed by atoms with Crippen molar-refractivity contribution in [2.75, 3.05) is 7.11 Å². The Morgan fingerprint density at radius 2 is 1.64 bits per heavy atom. The Balaban J connectivity index is 2.10. The fraction of sp³-hybridized carbons (Fsp3) is 0.222. The molecule has 0 aromatic heterocycles. The fourth-order valence-electron chi connectivity index (χ4n) is 2.10. The maximum Gasteiger partial charge on any atom is 0.387 e. The maximum atomic E-state index is 12.4. The van der Waals surface area contributed by atoms with Gasteiger partial charge in [-0.15, -0.1) is 0 Å². The van der Waals surface area contributed by atoms with Crippen molar-refractivity contribution in [3.8, 4) is 11.5 Å². The Bertz CT molecular complexity index is 743. The molecular formula is C18H16F2O5. The Morgan fingerprint density at radius 1 is 1.00 bits per heavy atom. The molecule has 2 aromatic carbocycles. The van der Waals surface area contributed by atoms with E-state index in [0.717, 1.165) is 0 Å². The molecule has 5 nitrogen and oxygen atoms in total. The number of alkyl halides is 2. The minimum atomic E-state index is -3.08. The van der Waals surface area contributed by atoms with Crippen LogP contribution < -0.4 is 9.47 Å². The summed E-state index contributed by atoms with van der Waals surface area (Å²) in [6, 6.07) is 11.7. The molecule has 0 spiro atoms. The predicted octanol–water partition coefficient (Wildman–Crippen LogP) is 3.72. The van der Waals surface area contributed by atoms with Gasteiger partial charge in [0.1, 0.15) is 17.1 Å². The number of esters is 1. The maximum absolute atomic E-state index is 12.4. The number of ketones is 1. The zero-order chi connectivity index (χ0) is 18.4. The van der Waals surface area contributed by atoms with Gasteiger partial charge >= 0.3 is 12.6 Å². The minimum Gasteiger partial charge on any atom is -0.497 e. The number of hydrogen-bond donors (Lipinski definition) is 0. The number of hydrogen-bond acceptors (Lipinski definition) is 5. The van der Waals surface area contributed by atoms with E-state index >= 15 is 0 Å². The lowest BCUT2D eigenvalue weighted by Crippen LogP contribution is -2.24. The SMILES string of the molecule is COc1ccc(C(=O)C(C)OC(=O)c2ccccc2OC(F)F)cc1. The molecule has 0 aliphatic carbocycles. The van der Waals surface area contributed by atoms with Crippen molar-refractivity contribution < 1.29 is 32.6 Å². The number of Topliss-reactive ketones (excluding diaryl/α,β-unsaturated/α-hetero) is 1. The van der Waals surface area contributed by atoms with Crippen LogP contribution in [0, 0.1) is 0 Å². The van der Waals surface area contributed by atoms with Gasteiger partial charge in [0.25, 0.3) is 0 Å². The first-order chi connectivity index (χ1) is 11.9. The second-order valence-electron chi connectivity index (χ2n) is 5.01. The molecule has 25 heavy (non-hydrogen) atoms. The van der Waals surface area contributed by atoms with E-state index in [1.54, 1.807) is 24.3 Å². The van der Waals surface area contributed by atoms with Gasteiger partial charge in [-0.05, 0) is 43.3 Å². The molecule has 0 fully saturated rings. The summed E-state index contributed by atoms with van der Waals surface area (Å²) in [5, 5.41) is 0. The van der Waals surface area contributed by atoms with Crippen molar-refractivity contribution in [3.63, 3.8) is 0 Å². The molecule has 2 aromatic rings. The van der Waals surface area contributed by atoms with Crippen LogP contribution in [0.2, 0.25) is 0 Å². The van der Waals surface area contributed by atoms with E-state index in [-0.39, 0.29) is 11.3 Å². The molecule has 0 amide bonds. The van der Waals surface area contributed by atoms with Crippen LogP contribution in [0.25, 0.3) is 0 Å². The number of carbonyl (C=O) groups is 2. The second kappa shape index (κ2) is 8.23. The molecule has 0 aliphatic heterocycles. The first-order valence-corrected chi connectivity index (χ1v) is 7.35. The summed E-state index contributed by atoms with van der Waals surface area (Å²) in [6.45, 7) is -1.67. The largest absolute Gasteiger partial charge is 0.497 e. The van der Waals surface area contributed by atoms with Crippen molar-refractivity contribution in [1.29, 1.82) is 0 Å². The van der Waals surface area contributed by atoms with Crippen LogP contribution in [0.15, 0.2) is 48.5 Å². The van der Waals surface area contributed by atoms with Crippen LogP contribution in [-0.4, -0.2) is 31.6 Å². The van der Waals surface area contributed by atoms with Gasteiger partial charge in [-0.3, -0.25) is 4.79 Å². The van der Waals surface area contributed by atoms with Gasteiger partial charge in [0.2, 0.25) is 5.78 Å². The third-order valence-corrected chi connectivity index (χ3v) is 3.35. The van der Waals surface area contributed by atoms with Gasteiger partial charge in [0.05, 0.1) is 7.11 Å². The molecule has 1 atom stereocenters. The van der Waals surface area contributed by atoms with E-state index in [9.17, 15) is 18.4 Å². The quantitative estimate of drug-likeness (QED) is 0.562. The van der Waals surface area contributed by atoms with Crippen molar-refractivity contribution in [2.24, 2.45) is 0 Å². The summed E-state index contributed by atoms with van der Waals surface area (Å²) in [7, 11) is 1.50. The zero-order valence-electron chi connectivity index (χ0n) is 13.6. The van der Waals surface area contributed by atoms with E-state index in [1.165, 1.54) is 38.3 Å². The molecule has 0 radical (unpaired) electrons. The molecule has 0 aliphatic rings. The monoisotopic (exact) mass is 350 g/mol. The van der Waals surface area contributed by atoms with E-state index in [4.69, 9.17) is 9.47 Å². The van der Waals surface area contributed by atoms with Crippen molar-refractivity contribution in [1.82, 2.24) is 0 Å². The van der Waals surface area contributed by atoms with Crippen molar-refractivity contribution >= 4 is 11.8 Å². The topological polar surface area (TPSA) is 61.8 Å². The normalized spacial score (nSPS) is 11.7. The van der Waals surface area contributed by atoms with E-state index in [0.29, 0.717) is 11.3 Å². The third-order valence-electron chi connectivity index (χ3n) is 3.35. The van der Waals surface area contributed by atoms with Crippen LogP contribution in [0.4, 0.5) is 8.78 Å². The van der Waals surface area contributed by atoms with Gasteiger partial charge in [-0.1, -0.05) is 12.1 Å². The number of para-hydroxylation sites is 1. The molecule has 132 valence electrons. The van der Waals surface area contributed by atoms with Crippen LogP contribution in [-0.2, 0) is 4.74 Å². The van der Waals surface area contributed by atoms with E-state index in [2.05, 4.69) is 4.74 Å². The van der Waals surface area contributed by atoms with Crippen molar-refractivity contribution in [3.05, 3.63) is 59.7 Å². The summed E-state index contributed by atoms with van der Waals surface area (Å²) in [5.74, 6) is -1.08. The summed E-state index contributed by atoms with van der Waals surface area (Å²) in [6.07, 6.45) is -1.10. The fourth-order valence-corrected chi connectivity index (χ4v) is 2.10. The second-order valence-corrected chi connectivity index (χ2v) is 5.01. The molecule has 0 saturated heterocycles. The minimum absolute atomic E-state index is 0.183. The molecule has 0 saturated carbocycles. The lowest BCUT2D eigenvalue weighted by atomic mass is 10.1.